The van der Waals surface area contributed by atoms with E-state index in [0.717, 1.165) is 5.56 Å². The fourth-order valence-corrected chi connectivity index (χ4v) is 3.72. The summed E-state index contributed by atoms with van der Waals surface area (Å²) in [5.74, 6) is -1.30. The van der Waals surface area contributed by atoms with Crippen LogP contribution in [0, 0.1) is 5.92 Å². The van der Waals surface area contributed by atoms with E-state index in [-0.39, 0.29) is 45.2 Å². The molecule has 0 spiro atoms. The highest BCUT2D eigenvalue weighted by Gasteiger charge is 2.30. The van der Waals surface area contributed by atoms with Gasteiger partial charge in [0.25, 0.3) is 5.91 Å². The molecule has 4 N–H and O–H groups in total. The van der Waals surface area contributed by atoms with Gasteiger partial charge in [0.15, 0.2) is 6.61 Å². The quantitative estimate of drug-likeness (QED) is 0.351. The van der Waals surface area contributed by atoms with E-state index in [9.17, 15) is 24.3 Å². The van der Waals surface area contributed by atoms with Crippen LogP contribution in [-0.2, 0) is 30.3 Å². The van der Waals surface area contributed by atoms with Crippen LogP contribution in [0.15, 0.2) is 24.3 Å². The van der Waals surface area contributed by atoms with Crippen LogP contribution in [0.2, 0.25) is 0 Å². The maximum absolute atomic E-state index is 13.4. The summed E-state index contributed by atoms with van der Waals surface area (Å²) in [6, 6.07) is 5.05. The first-order valence-electron chi connectivity index (χ1n) is 12.1. The highest BCUT2D eigenvalue weighted by Crippen LogP contribution is 2.15. The number of amides is 4. The number of hydrogen-bond donors (Lipinski definition) is 4. The third-order valence-corrected chi connectivity index (χ3v) is 5.51. The minimum atomic E-state index is -0.929. The van der Waals surface area contributed by atoms with E-state index in [2.05, 4.69) is 16.0 Å². The summed E-state index contributed by atoms with van der Waals surface area (Å²) >= 11 is 0. The predicted octanol–water partition coefficient (Wildman–Crippen LogP) is -0.391. The summed E-state index contributed by atoms with van der Waals surface area (Å²) in [7, 11) is 1.49. The molecule has 200 valence electrons. The molecular weight excluding hydrogens is 468 g/mol. The number of benzene rings is 1. The van der Waals surface area contributed by atoms with E-state index in [0.29, 0.717) is 12.2 Å². The van der Waals surface area contributed by atoms with Crippen molar-refractivity contribution in [2.24, 2.45) is 5.92 Å². The van der Waals surface area contributed by atoms with Crippen LogP contribution >= 0.6 is 0 Å². The zero-order valence-corrected chi connectivity index (χ0v) is 21.4. The molecule has 0 fully saturated rings. The molecule has 3 rings (SSSR count). The van der Waals surface area contributed by atoms with Crippen LogP contribution in [0.5, 0.6) is 5.75 Å². The van der Waals surface area contributed by atoms with Crippen LogP contribution in [0.25, 0.3) is 0 Å². The summed E-state index contributed by atoms with van der Waals surface area (Å²) in [6.45, 7) is 5.16. The molecule has 36 heavy (non-hydrogen) atoms. The van der Waals surface area contributed by atoms with Gasteiger partial charge in [0, 0.05) is 26.6 Å². The lowest BCUT2D eigenvalue weighted by molar-refractivity contribution is -0.141. The van der Waals surface area contributed by atoms with Crippen molar-refractivity contribution in [3.8, 4) is 5.75 Å². The molecule has 1 aromatic carbocycles. The van der Waals surface area contributed by atoms with Gasteiger partial charge in [-0.25, -0.2) is 0 Å². The third-order valence-electron chi connectivity index (χ3n) is 5.51. The summed E-state index contributed by atoms with van der Waals surface area (Å²) in [4.78, 5) is 53.1. The second-order valence-electron chi connectivity index (χ2n) is 9.35. The number of aliphatic hydroxyl groups is 1. The molecule has 0 unspecified atom stereocenters. The van der Waals surface area contributed by atoms with Gasteiger partial charge in [0.05, 0.1) is 19.3 Å². The zero-order valence-electron chi connectivity index (χ0n) is 21.4. The number of carbonyl (C=O) groups excluding carboxylic acids is 4. The van der Waals surface area contributed by atoms with Crippen LogP contribution in [-0.4, -0.2) is 91.8 Å². The van der Waals surface area contributed by atoms with Crippen LogP contribution in [0.3, 0.4) is 0 Å². The number of hydrogen-bond acceptors (Lipinski definition) is 7. The number of fused-ring (bicyclic) bond motifs is 13. The van der Waals surface area contributed by atoms with Crippen molar-refractivity contribution >= 4 is 23.6 Å². The molecule has 11 nitrogen and oxygen atoms in total. The van der Waals surface area contributed by atoms with Gasteiger partial charge in [-0.1, -0.05) is 26.0 Å². The first-order valence-corrected chi connectivity index (χ1v) is 12.1. The normalized spacial score (nSPS) is 20.5. The SMILES string of the molecule is COCCN1CC(=O)N[C@H](C(=O)NC[C@H](C)O)Cc2ccc(cc2)OCC(=O)N[C@@H](CC(C)C)C1=O. The number of nitrogens with zero attached hydrogens (tertiary/aromatic N) is 1. The Morgan fingerprint density at radius 1 is 1.17 bits per heavy atom. The van der Waals surface area contributed by atoms with Gasteiger partial charge >= 0.3 is 0 Å². The molecule has 0 aliphatic carbocycles. The molecule has 2 aliphatic heterocycles. The molecule has 0 saturated carbocycles. The van der Waals surface area contributed by atoms with Crippen LogP contribution < -0.4 is 20.7 Å². The molecule has 2 heterocycles. The van der Waals surface area contributed by atoms with Gasteiger partial charge in [-0.15, -0.1) is 0 Å². The van der Waals surface area contributed by atoms with Crippen molar-refractivity contribution in [1.82, 2.24) is 20.9 Å². The van der Waals surface area contributed by atoms with Gasteiger partial charge in [-0.3, -0.25) is 19.2 Å². The van der Waals surface area contributed by atoms with Gasteiger partial charge < -0.3 is 35.4 Å². The summed E-state index contributed by atoms with van der Waals surface area (Å²) in [5, 5.41) is 17.6. The highest BCUT2D eigenvalue weighted by molar-refractivity contribution is 5.93. The van der Waals surface area contributed by atoms with E-state index in [1.54, 1.807) is 31.2 Å². The van der Waals surface area contributed by atoms with Crippen molar-refractivity contribution in [2.75, 3.05) is 40.0 Å². The molecule has 2 aliphatic rings. The van der Waals surface area contributed by atoms with Gasteiger partial charge in [-0.2, -0.15) is 0 Å². The Kier molecular flexibility index (Phi) is 11.6. The number of nitrogens with one attached hydrogen (secondary N) is 3. The van der Waals surface area contributed by atoms with Gasteiger partial charge in [-0.05, 0) is 37.0 Å². The molecule has 2 bridgehead atoms. The minimum Gasteiger partial charge on any atom is -0.484 e. The fourth-order valence-electron chi connectivity index (χ4n) is 3.72. The Morgan fingerprint density at radius 2 is 1.86 bits per heavy atom. The predicted molar refractivity (Wildman–Crippen MR) is 132 cm³/mol. The molecule has 4 amide bonds. The molecular formula is C25H38N4O7. The van der Waals surface area contributed by atoms with Crippen molar-refractivity contribution in [2.45, 2.75) is 51.8 Å². The Morgan fingerprint density at radius 3 is 2.47 bits per heavy atom. The van der Waals surface area contributed by atoms with E-state index in [1.807, 2.05) is 13.8 Å². The molecule has 0 aromatic heterocycles. The van der Waals surface area contributed by atoms with Crippen molar-refractivity contribution in [3.63, 3.8) is 0 Å². The largest absolute Gasteiger partial charge is 0.484 e. The Bertz CT molecular complexity index is 889. The molecule has 0 radical (unpaired) electrons. The monoisotopic (exact) mass is 506 g/mol. The van der Waals surface area contributed by atoms with E-state index in [4.69, 9.17) is 9.47 Å². The second kappa shape index (κ2) is 14.4. The fraction of sp³-hybridized carbons (Fsp3) is 0.600. The van der Waals surface area contributed by atoms with Crippen molar-refractivity contribution in [3.05, 3.63) is 29.8 Å². The standard InChI is InChI=1S/C25H38N4O7/c1-16(2)11-21-25(34)29(9-10-35-4)14-22(31)27-20(24(33)26-13-17(3)30)12-18-5-7-19(8-6-18)36-15-23(32)28-21/h5-8,16-17,20-21,30H,9-15H2,1-4H3,(H,26,33)(H,27,31)(H,28,32)/t17-,20-,21-/m0/s1. The number of methoxy groups -OCH3 is 1. The Hall–Kier alpha value is -3.18. The average molecular weight is 507 g/mol. The topological polar surface area (TPSA) is 146 Å². The first-order chi connectivity index (χ1) is 17.1. The highest BCUT2D eigenvalue weighted by atomic mass is 16.5. The maximum Gasteiger partial charge on any atom is 0.258 e. The van der Waals surface area contributed by atoms with E-state index < -0.39 is 41.8 Å². The number of carbonyl (C=O) groups is 4. The first kappa shape index (κ1) is 29.1. The zero-order chi connectivity index (χ0) is 26.7. The Labute approximate surface area is 211 Å². The number of aliphatic hydroxyl groups excluding tert-OH is 1. The maximum atomic E-state index is 13.4. The number of rotatable bonds is 8. The molecule has 11 heteroatoms. The summed E-state index contributed by atoms with van der Waals surface area (Å²) in [5.41, 5.74) is 0.751. The molecule has 3 atom stereocenters. The second-order valence-corrected chi connectivity index (χ2v) is 9.35. The summed E-state index contributed by atoms with van der Waals surface area (Å²) < 4.78 is 10.7. The third kappa shape index (κ3) is 9.82. The van der Waals surface area contributed by atoms with Gasteiger partial charge in [0.1, 0.15) is 17.8 Å². The minimum absolute atomic E-state index is 0.0347. The van der Waals surface area contributed by atoms with Gasteiger partial charge in [0.2, 0.25) is 17.7 Å². The van der Waals surface area contributed by atoms with Crippen LogP contribution in [0.1, 0.15) is 32.8 Å². The van der Waals surface area contributed by atoms with E-state index in [1.165, 1.54) is 12.0 Å². The van der Waals surface area contributed by atoms with Crippen molar-refractivity contribution < 1.29 is 33.8 Å². The average Bonchev–Trinajstić information content (AvgIpc) is 2.82. The smallest absolute Gasteiger partial charge is 0.258 e. The lowest BCUT2D eigenvalue weighted by atomic mass is 10.0. The van der Waals surface area contributed by atoms with Crippen molar-refractivity contribution in [1.29, 1.82) is 0 Å². The lowest BCUT2D eigenvalue weighted by Crippen LogP contribution is -2.55. The van der Waals surface area contributed by atoms with Crippen LogP contribution in [0.4, 0.5) is 0 Å². The molecule has 0 saturated heterocycles. The summed E-state index contributed by atoms with van der Waals surface area (Å²) in [6.07, 6.45) is -0.197. The number of ether oxygens (including phenoxy) is 2. The lowest BCUT2D eigenvalue weighted by Gasteiger charge is -2.29. The Balaban J connectivity index is 2.36. The molecule has 1 aromatic rings. The van der Waals surface area contributed by atoms with E-state index >= 15 is 0 Å².